The summed E-state index contributed by atoms with van der Waals surface area (Å²) in [6, 6.07) is 4.76. The molecule has 0 aliphatic heterocycles. The molecule has 116 valence electrons. The first kappa shape index (κ1) is 15.8. The van der Waals surface area contributed by atoms with Crippen LogP contribution in [-0.4, -0.2) is 19.1 Å². The maximum atomic E-state index is 14.2. The van der Waals surface area contributed by atoms with Crippen LogP contribution in [0.2, 0.25) is 0 Å². The number of anilines is 1. The van der Waals surface area contributed by atoms with E-state index in [1.807, 2.05) is 6.92 Å². The van der Waals surface area contributed by atoms with Crippen LogP contribution in [0.4, 0.5) is 10.1 Å². The molecule has 1 amide bonds. The van der Waals surface area contributed by atoms with E-state index in [9.17, 15) is 9.18 Å². The predicted octanol–water partition coefficient (Wildman–Crippen LogP) is 4.16. The second kappa shape index (κ2) is 7.43. The Morgan fingerprint density at radius 3 is 2.76 bits per heavy atom. The van der Waals surface area contributed by atoms with Crippen molar-refractivity contribution in [1.82, 2.24) is 0 Å². The van der Waals surface area contributed by atoms with Gasteiger partial charge in [-0.15, -0.1) is 0 Å². The van der Waals surface area contributed by atoms with Gasteiger partial charge in [0, 0.05) is 19.5 Å². The number of hydrogen-bond acceptors (Lipinski definition) is 2. The average molecular weight is 293 g/mol. The topological polar surface area (TPSA) is 29.5 Å². The second-order valence-electron chi connectivity index (χ2n) is 5.72. The Morgan fingerprint density at radius 2 is 2.19 bits per heavy atom. The summed E-state index contributed by atoms with van der Waals surface area (Å²) < 4.78 is 19.8. The van der Waals surface area contributed by atoms with Crippen LogP contribution in [0.15, 0.2) is 18.2 Å². The van der Waals surface area contributed by atoms with Crippen LogP contribution in [0.3, 0.4) is 0 Å². The predicted molar refractivity (Wildman–Crippen MR) is 82.2 cm³/mol. The summed E-state index contributed by atoms with van der Waals surface area (Å²) in [5.74, 6) is 0.808. The molecule has 1 aliphatic carbocycles. The van der Waals surface area contributed by atoms with Gasteiger partial charge in [-0.25, -0.2) is 4.39 Å². The lowest BCUT2D eigenvalue weighted by Crippen LogP contribution is -2.30. The molecular formula is C17H24FNO2. The third-order valence-electron chi connectivity index (χ3n) is 3.82. The maximum absolute atomic E-state index is 14.2. The number of amides is 1. The van der Waals surface area contributed by atoms with Crippen molar-refractivity contribution in [3.8, 4) is 5.75 Å². The van der Waals surface area contributed by atoms with Crippen LogP contribution >= 0.6 is 0 Å². The van der Waals surface area contributed by atoms with Gasteiger partial charge in [0.15, 0.2) is 5.82 Å². The molecule has 1 aliphatic rings. The first-order chi connectivity index (χ1) is 10.1. The minimum absolute atomic E-state index is 0.134. The highest BCUT2D eigenvalue weighted by Crippen LogP contribution is 2.32. The van der Waals surface area contributed by atoms with Crippen molar-refractivity contribution in [3.05, 3.63) is 24.0 Å². The van der Waals surface area contributed by atoms with Gasteiger partial charge < -0.3 is 9.64 Å². The molecule has 0 spiro atoms. The molecule has 0 unspecified atom stereocenters. The van der Waals surface area contributed by atoms with Gasteiger partial charge in [-0.1, -0.05) is 26.2 Å². The van der Waals surface area contributed by atoms with Crippen LogP contribution in [-0.2, 0) is 4.79 Å². The number of carbonyl (C=O) groups excluding carboxylic acids is 1. The number of rotatable bonds is 8. The van der Waals surface area contributed by atoms with Gasteiger partial charge >= 0.3 is 0 Å². The third-order valence-corrected chi connectivity index (χ3v) is 3.82. The van der Waals surface area contributed by atoms with Crippen LogP contribution in [0.25, 0.3) is 0 Å². The van der Waals surface area contributed by atoms with Crippen molar-refractivity contribution < 1.29 is 13.9 Å². The lowest BCUT2D eigenvalue weighted by molar-refractivity contribution is -0.116. The fourth-order valence-corrected chi connectivity index (χ4v) is 2.31. The van der Waals surface area contributed by atoms with E-state index in [4.69, 9.17) is 4.74 Å². The summed E-state index contributed by atoms with van der Waals surface area (Å²) in [5.41, 5.74) is 0.338. The lowest BCUT2D eigenvalue weighted by Gasteiger charge is -2.22. The highest BCUT2D eigenvalue weighted by atomic mass is 19.1. The summed E-state index contributed by atoms with van der Waals surface area (Å²) in [6.45, 7) is 4.70. The van der Waals surface area contributed by atoms with Crippen LogP contribution < -0.4 is 9.64 Å². The van der Waals surface area contributed by atoms with Gasteiger partial charge in [0.25, 0.3) is 0 Å². The zero-order valence-electron chi connectivity index (χ0n) is 12.9. The van der Waals surface area contributed by atoms with E-state index in [0.29, 0.717) is 24.6 Å². The van der Waals surface area contributed by atoms with E-state index < -0.39 is 5.82 Å². The zero-order chi connectivity index (χ0) is 15.2. The molecule has 3 nitrogen and oxygen atoms in total. The van der Waals surface area contributed by atoms with E-state index >= 15 is 0 Å². The molecule has 1 aromatic carbocycles. The third kappa shape index (κ3) is 4.73. The Hall–Kier alpha value is -1.58. The van der Waals surface area contributed by atoms with Gasteiger partial charge in [0.1, 0.15) is 5.75 Å². The molecule has 21 heavy (non-hydrogen) atoms. The molecule has 0 radical (unpaired) electrons. The molecule has 0 bridgehead atoms. The number of unbranched alkanes of at least 4 members (excludes halogenated alkanes) is 1. The monoisotopic (exact) mass is 293 g/mol. The van der Waals surface area contributed by atoms with Crippen LogP contribution in [0, 0.1) is 11.7 Å². The molecule has 1 fully saturated rings. The number of ether oxygens (including phenoxy) is 1. The van der Waals surface area contributed by atoms with E-state index in [1.165, 1.54) is 30.7 Å². The Morgan fingerprint density at radius 1 is 1.43 bits per heavy atom. The average Bonchev–Trinajstić information content (AvgIpc) is 3.25. The van der Waals surface area contributed by atoms with E-state index in [-0.39, 0.29) is 5.91 Å². The van der Waals surface area contributed by atoms with Gasteiger partial charge in [0.2, 0.25) is 5.91 Å². The Labute approximate surface area is 126 Å². The standard InChI is InChI=1S/C17H24FNO2/c1-3-4-10-19(13(2)20)17-8-7-15(12-16(17)18)21-11-9-14-5-6-14/h7-8,12,14H,3-6,9-11H2,1-2H3. The molecule has 2 rings (SSSR count). The van der Waals surface area contributed by atoms with Crippen LogP contribution in [0.1, 0.15) is 46.0 Å². The van der Waals surface area contributed by atoms with Crippen molar-refractivity contribution in [2.45, 2.75) is 46.0 Å². The second-order valence-corrected chi connectivity index (χ2v) is 5.72. The summed E-state index contributed by atoms with van der Waals surface area (Å²) in [4.78, 5) is 13.2. The van der Waals surface area contributed by atoms with Crippen molar-refractivity contribution in [1.29, 1.82) is 0 Å². The van der Waals surface area contributed by atoms with E-state index in [1.54, 1.807) is 12.1 Å². The number of hydrogen-bond donors (Lipinski definition) is 0. The normalized spacial score (nSPS) is 14.0. The van der Waals surface area contributed by atoms with Crippen molar-refractivity contribution in [2.75, 3.05) is 18.1 Å². The number of nitrogens with zero attached hydrogens (tertiary/aromatic N) is 1. The van der Waals surface area contributed by atoms with Crippen molar-refractivity contribution >= 4 is 11.6 Å². The van der Waals surface area contributed by atoms with Gasteiger partial charge in [-0.3, -0.25) is 4.79 Å². The van der Waals surface area contributed by atoms with E-state index in [0.717, 1.165) is 25.2 Å². The first-order valence-corrected chi connectivity index (χ1v) is 7.82. The fraction of sp³-hybridized carbons (Fsp3) is 0.588. The smallest absolute Gasteiger partial charge is 0.223 e. The van der Waals surface area contributed by atoms with Gasteiger partial charge in [-0.2, -0.15) is 0 Å². The van der Waals surface area contributed by atoms with Crippen LogP contribution in [0.5, 0.6) is 5.75 Å². The zero-order valence-corrected chi connectivity index (χ0v) is 12.9. The summed E-state index contributed by atoms with van der Waals surface area (Å²) in [5, 5.41) is 0. The Kier molecular flexibility index (Phi) is 5.59. The molecule has 0 N–H and O–H groups in total. The summed E-state index contributed by atoms with van der Waals surface area (Å²) in [6.07, 6.45) is 5.45. The first-order valence-electron chi connectivity index (χ1n) is 7.82. The minimum atomic E-state index is -0.398. The Bertz CT molecular complexity index is 486. The van der Waals surface area contributed by atoms with Gasteiger partial charge in [0.05, 0.1) is 12.3 Å². The highest BCUT2D eigenvalue weighted by Gasteiger charge is 2.21. The molecule has 0 aromatic heterocycles. The minimum Gasteiger partial charge on any atom is -0.493 e. The molecule has 1 aromatic rings. The molecular weight excluding hydrogens is 269 g/mol. The van der Waals surface area contributed by atoms with Crippen molar-refractivity contribution in [3.63, 3.8) is 0 Å². The van der Waals surface area contributed by atoms with E-state index in [2.05, 4.69) is 0 Å². The SMILES string of the molecule is CCCCN(C(C)=O)c1ccc(OCCC2CC2)cc1F. The fourth-order valence-electron chi connectivity index (χ4n) is 2.31. The van der Waals surface area contributed by atoms with Crippen molar-refractivity contribution in [2.24, 2.45) is 5.92 Å². The number of benzene rings is 1. The molecule has 0 saturated heterocycles. The Balaban J connectivity index is 1.99. The largest absolute Gasteiger partial charge is 0.493 e. The van der Waals surface area contributed by atoms with Gasteiger partial charge in [-0.05, 0) is 30.9 Å². The molecule has 0 heterocycles. The molecule has 0 atom stereocenters. The number of carbonyl (C=O) groups is 1. The summed E-state index contributed by atoms with van der Waals surface area (Å²) in [7, 11) is 0. The number of halogens is 1. The molecule has 1 saturated carbocycles. The summed E-state index contributed by atoms with van der Waals surface area (Å²) >= 11 is 0. The maximum Gasteiger partial charge on any atom is 0.223 e. The lowest BCUT2D eigenvalue weighted by atomic mass is 10.2. The molecule has 4 heteroatoms. The quantitative estimate of drug-likeness (QED) is 0.720. The highest BCUT2D eigenvalue weighted by molar-refractivity contribution is 5.91.